The number of hydrogen-bond donors (Lipinski definition) is 1. The van der Waals surface area contributed by atoms with E-state index >= 15 is 0 Å². The summed E-state index contributed by atoms with van der Waals surface area (Å²) < 4.78 is 0. The van der Waals surface area contributed by atoms with Crippen molar-refractivity contribution in [3.8, 4) is 0 Å². The predicted octanol–water partition coefficient (Wildman–Crippen LogP) is 4.39. The fourth-order valence-electron chi connectivity index (χ4n) is 1.69. The van der Waals surface area contributed by atoms with E-state index in [1.165, 1.54) is 5.56 Å². The van der Waals surface area contributed by atoms with Gasteiger partial charge in [-0.25, -0.2) is 4.98 Å². The van der Waals surface area contributed by atoms with Crippen LogP contribution in [0.15, 0.2) is 52.5 Å². The molecule has 2 aromatic rings. The highest BCUT2D eigenvalue weighted by atomic mass is 35.5. The Hall–Kier alpha value is -1.03. The fourth-order valence-corrected chi connectivity index (χ4v) is 2.89. The van der Waals surface area contributed by atoms with E-state index < -0.39 is 0 Å². The lowest BCUT2D eigenvalue weighted by Gasteiger charge is -2.09. The largest absolute Gasteiger partial charge is 0.313 e. The van der Waals surface area contributed by atoms with Crippen LogP contribution in [-0.2, 0) is 6.54 Å². The van der Waals surface area contributed by atoms with Gasteiger partial charge in [0.1, 0.15) is 5.03 Å². The Bertz CT molecular complexity index is 531. The second kappa shape index (κ2) is 7.53. The fraction of sp³-hybridized carbons (Fsp3) is 0.267. The Labute approximate surface area is 123 Å². The highest BCUT2D eigenvalue weighted by molar-refractivity contribution is 7.99. The van der Waals surface area contributed by atoms with Gasteiger partial charge in [-0.3, -0.25) is 0 Å². The molecular weight excluding hydrogens is 276 g/mol. The molecule has 0 saturated heterocycles. The average molecular weight is 293 g/mol. The SMILES string of the molecule is CCCNCc1cccnc1Sc1cccc(Cl)c1. The number of pyridine rings is 1. The van der Waals surface area contributed by atoms with Crippen molar-refractivity contribution < 1.29 is 0 Å². The number of benzene rings is 1. The molecule has 2 rings (SSSR count). The van der Waals surface area contributed by atoms with E-state index in [0.717, 1.165) is 34.5 Å². The molecule has 1 aromatic carbocycles. The molecule has 0 atom stereocenters. The van der Waals surface area contributed by atoms with Gasteiger partial charge in [0.05, 0.1) is 0 Å². The topological polar surface area (TPSA) is 24.9 Å². The Kier molecular flexibility index (Phi) is 5.70. The van der Waals surface area contributed by atoms with Crippen LogP contribution in [0.25, 0.3) is 0 Å². The predicted molar refractivity (Wildman–Crippen MR) is 81.8 cm³/mol. The van der Waals surface area contributed by atoms with Crippen molar-refractivity contribution in [1.82, 2.24) is 10.3 Å². The minimum atomic E-state index is 0.756. The minimum absolute atomic E-state index is 0.756. The van der Waals surface area contributed by atoms with Crippen LogP contribution in [0.2, 0.25) is 5.02 Å². The van der Waals surface area contributed by atoms with Gasteiger partial charge in [0, 0.05) is 22.7 Å². The summed E-state index contributed by atoms with van der Waals surface area (Å²) in [7, 11) is 0. The quantitative estimate of drug-likeness (QED) is 0.800. The van der Waals surface area contributed by atoms with Crippen LogP contribution in [0.3, 0.4) is 0 Å². The average Bonchev–Trinajstić information content (AvgIpc) is 2.41. The first kappa shape index (κ1) is 14.4. The molecule has 0 fully saturated rings. The molecule has 2 nitrogen and oxygen atoms in total. The maximum atomic E-state index is 6.01. The molecule has 0 radical (unpaired) electrons. The molecule has 0 spiro atoms. The first-order valence-corrected chi connectivity index (χ1v) is 7.57. The number of nitrogens with zero attached hydrogens (tertiary/aromatic N) is 1. The molecule has 0 unspecified atom stereocenters. The molecule has 0 saturated carbocycles. The molecule has 100 valence electrons. The highest BCUT2D eigenvalue weighted by Gasteiger charge is 2.05. The third kappa shape index (κ3) is 4.53. The smallest absolute Gasteiger partial charge is 0.105 e. The van der Waals surface area contributed by atoms with Crippen molar-refractivity contribution in [2.45, 2.75) is 29.8 Å². The number of rotatable bonds is 6. The van der Waals surface area contributed by atoms with E-state index in [0.29, 0.717) is 0 Å². The summed E-state index contributed by atoms with van der Waals surface area (Å²) in [6.45, 7) is 4.04. The monoisotopic (exact) mass is 292 g/mol. The van der Waals surface area contributed by atoms with Gasteiger partial charge < -0.3 is 5.32 Å². The maximum absolute atomic E-state index is 6.01. The maximum Gasteiger partial charge on any atom is 0.105 e. The molecule has 1 heterocycles. The normalized spacial score (nSPS) is 10.6. The lowest BCUT2D eigenvalue weighted by molar-refractivity contribution is 0.665. The molecule has 4 heteroatoms. The Morgan fingerprint density at radius 1 is 1.26 bits per heavy atom. The summed E-state index contributed by atoms with van der Waals surface area (Å²) in [5, 5.41) is 5.20. The molecule has 0 aliphatic heterocycles. The molecule has 0 aliphatic carbocycles. The zero-order chi connectivity index (χ0) is 13.5. The number of hydrogen-bond acceptors (Lipinski definition) is 3. The van der Waals surface area contributed by atoms with Crippen molar-refractivity contribution in [3.63, 3.8) is 0 Å². The van der Waals surface area contributed by atoms with Crippen molar-refractivity contribution >= 4 is 23.4 Å². The zero-order valence-corrected chi connectivity index (χ0v) is 12.5. The van der Waals surface area contributed by atoms with E-state index in [-0.39, 0.29) is 0 Å². The number of halogens is 1. The van der Waals surface area contributed by atoms with Gasteiger partial charge in [-0.15, -0.1) is 0 Å². The van der Waals surface area contributed by atoms with E-state index in [1.807, 2.05) is 30.5 Å². The Balaban J connectivity index is 2.11. The Morgan fingerprint density at radius 3 is 2.95 bits per heavy atom. The van der Waals surface area contributed by atoms with Crippen LogP contribution in [0.4, 0.5) is 0 Å². The Morgan fingerprint density at radius 2 is 2.16 bits per heavy atom. The molecule has 0 aliphatic rings. The minimum Gasteiger partial charge on any atom is -0.313 e. The first-order valence-electron chi connectivity index (χ1n) is 6.37. The van der Waals surface area contributed by atoms with Crippen LogP contribution in [0.1, 0.15) is 18.9 Å². The van der Waals surface area contributed by atoms with Crippen LogP contribution >= 0.6 is 23.4 Å². The van der Waals surface area contributed by atoms with E-state index in [4.69, 9.17) is 11.6 Å². The van der Waals surface area contributed by atoms with Crippen LogP contribution < -0.4 is 5.32 Å². The van der Waals surface area contributed by atoms with Crippen molar-refractivity contribution in [2.24, 2.45) is 0 Å². The number of nitrogens with one attached hydrogen (secondary N) is 1. The molecule has 1 aromatic heterocycles. The summed E-state index contributed by atoms with van der Waals surface area (Å²) in [6.07, 6.45) is 2.97. The summed E-state index contributed by atoms with van der Waals surface area (Å²) in [5.41, 5.74) is 1.22. The van der Waals surface area contributed by atoms with Crippen LogP contribution in [0.5, 0.6) is 0 Å². The third-order valence-corrected chi connectivity index (χ3v) is 3.89. The first-order chi connectivity index (χ1) is 9.29. The molecular formula is C15H17ClN2S. The van der Waals surface area contributed by atoms with Gasteiger partial charge in [-0.2, -0.15) is 0 Å². The lowest BCUT2D eigenvalue weighted by atomic mass is 10.3. The summed E-state index contributed by atoms with van der Waals surface area (Å²) in [6, 6.07) is 11.9. The van der Waals surface area contributed by atoms with Gasteiger partial charge in [-0.1, -0.05) is 42.4 Å². The van der Waals surface area contributed by atoms with Crippen molar-refractivity contribution in [3.05, 3.63) is 53.2 Å². The van der Waals surface area contributed by atoms with Crippen molar-refractivity contribution in [1.29, 1.82) is 0 Å². The molecule has 0 amide bonds. The van der Waals surface area contributed by atoms with E-state index in [2.05, 4.69) is 29.4 Å². The lowest BCUT2D eigenvalue weighted by Crippen LogP contribution is -2.14. The zero-order valence-electron chi connectivity index (χ0n) is 10.9. The molecule has 0 bridgehead atoms. The van der Waals surface area contributed by atoms with Gasteiger partial charge in [0.15, 0.2) is 0 Å². The molecule has 1 N–H and O–H groups in total. The standard InChI is InChI=1S/C15H17ClN2S/c1-2-8-17-11-12-5-4-9-18-15(12)19-14-7-3-6-13(16)10-14/h3-7,9-10,17H,2,8,11H2,1H3. The van der Waals surface area contributed by atoms with E-state index in [9.17, 15) is 0 Å². The molecule has 19 heavy (non-hydrogen) atoms. The third-order valence-electron chi connectivity index (χ3n) is 2.60. The highest BCUT2D eigenvalue weighted by Crippen LogP contribution is 2.30. The van der Waals surface area contributed by atoms with Gasteiger partial charge in [-0.05, 0) is 42.8 Å². The number of aromatic nitrogens is 1. The van der Waals surface area contributed by atoms with Crippen LogP contribution in [-0.4, -0.2) is 11.5 Å². The summed E-state index contributed by atoms with van der Waals surface area (Å²) in [4.78, 5) is 5.58. The summed E-state index contributed by atoms with van der Waals surface area (Å²) in [5.74, 6) is 0. The summed E-state index contributed by atoms with van der Waals surface area (Å²) >= 11 is 7.66. The van der Waals surface area contributed by atoms with Crippen molar-refractivity contribution in [2.75, 3.05) is 6.54 Å². The van der Waals surface area contributed by atoms with Gasteiger partial charge >= 0.3 is 0 Å². The second-order valence-electron chi connectivity index (χ2n) is 4.20. The van der Waals surface area contributed by atoms with Gasteiger partial charge in [0.2, 0.25) is 0 Å². The van der Waals surface area contributed by atoms with Gasteiger partial charge in [0.25, 0.3) is 0 Å². The van der Waals surface area contributed by atoms with Crippen LogP contribution in [0, 0.1) is 0 Å². The second-order valence-corrected chi connectivity index (χ2v) is 5.70. The van der Waals surface area contributed by atoms with E-state index in [1.54, 1.807) is 11.8 Å².